The van der Waals surface area contributed by atoms with Crippen molar-refractivity contribution in [2.45, 2.75) is 26.3 Å². The summed E-state index contributed by atoms with van der Waals surface area (Å²) in [6.45, 7) is 4.03. The molecule has 19 heavy (non-hydrogen) atoms. The number of halogens is 1. The van der Waals surface area contributed by atoms with Gasteiger partial charge in [0.15, 0.2) is 0 Å². The van der Waals surface area contributed by atoms with Crippen molar-refractivity contribution in [1.29, 1.82) is 0 Å². The molecule has 106 valence electrons. The topological polar surface area (TPSA) is 58.4 Å². The molecular weight excluding hydrogens is 306 g/mol. The summed E-state index contributed by atoms with van der Waals surface area (Å²) >= 11 is 3.41. The molecule has 1 aromatic rings. The summed E-state index contributed by atoms with van der Waals surface area (Å²) in [5.74, 6) is 0.240. The summed E-state index contributed by atoms with van der Waals surface area (Å²) in [4.78, 5) is 14.0. The lowest BCUT2D eigenvalue weighted by Crippen LogP contribution is -2.31. The largest absolute Gasteiger partial charge is 0.376 e. The smallest absolute Gasteiger partial charge is 0.226 e. The second kappa shape index (κ2) is 6.91. The number of hydrogen-bond donors (Lipinski definition) is 2. The Morgan fingerprint density at radius 1 is 1.42 bits per heavy atom. The molecule has 0 fully saturated rings. The molecule has 0 aromatic heterocycles. The monoisotopic (exact) mass is 327 g/mol. The molecule has 0 saturated heterocycles. The lowest BCUT2D eigenvalue weighted by atomic mass is 10.0. The third-order valence-corrected chi connectivity index (χ3v) is 3.49. The first-order chi connectivity index (χ1) is 8.81. The van der Waals surface area contributed by atoms with Crippen LogP contribution in [0.1, 0.15) is 20.3 Å². The molecule has 0 saturated carbocycles. The van der Waals surface area contributed by atoms with Crippen LogP contribution in [0.5, 0.6) is 0 Å². The highest BCUT2D eigenvalue weighted by Crippen LogP contribution is 2.28. The van der Waals surface area contributed by atoms with Crippen molar-refractivity contribution >= 4 is 33.2 Å². The van der Waals surface area contributed by atoms with Crippen LogP contribution in [0, 0.1) is 5.92 Å². The van der Waals surface area contributed by atoms with Crippen LogP contribution in [-0.2, 0) is 4.79 Å². The van der Waals surface area contributed by atoms with E-state index in [-0.39, 0.29) is 11.9 Å². The highest BCUT2D eigenvalue weighted by atomic mass is 79.9. The highest BCUT2D eigenvalue weighted by molar-refractivity contribution is 9.10. The van der Waals surface area contributed by atoms with E-state index in [0.717, 1.165) is 15.8 Å². The van der Waals surface area contributed by atoms with Crippen molar-refractivity contribution in [1.82, 2.24) is 0 Å². The van der Waals surface area contributed by atoms with Gasteiger partial charge < -0.3 is 16.0 Å². The number of hydrogen-bond acceptors (Lipinski definition) is 3. The summed E-state index contributed by atoms with van der Waals surface area (Å²) < 4.78 is 0.932. The SMILES string of the molecule is CC(C)C(N)CC(=O)Nc1cc(Br)ccc1N(C)C. The maximum absolute atomic E-state index is 12.0. The standard InChI is InChI=1S/C14H22BrN3O/c1-9(2)11(16)8-14(19)17-12-7-10(15)5-6-13(12)18(3)4/h5-7,9,11H,8,16H2,1-4H3,(H,17,19). The fraction of sp³-hybridized carbons (Fsp3) is 0.500. The summed E-state index contributed by atoms with van der Waals surface area (Å²) in [5.41, 5.74) is 7.68. The molecule has 0 heterocycles. The van der Waals surface area contributed by atoms with Gasteiger partial charge in [0.1, 0.15) is 0 Å². The van der Waals surface area contributed by atoms with Gasteiger partial charge in [0, 0.05) is 31.0 Å². The molecule has 1 atom stereocenters. The van der Waals surface area contributed by atoms with E-state index in [4.69, 9.17) is 5.73 Å². The quantitative estimate of drug-likeness (QED) is 0.874. The molecule has 1 amide bonds. The molecular formula is C14H22BrN3O. The van der Waals surface area contributed by atoms with Crippen molar-refractivity contribution in [2.75, 3.05) is 24.3 Å². The molecule has 0 aliphatic rings. The average molecular weight is 328 g/mol. The first kappa shape index (κ1) is 16.0. The minimum Gasteiger partial charge on any atom is -0.376 e. The first-order valence-electron chi connectivity index (χ1n) is 6.33. The van der Waals surface area contributed by atoms with Crippen molar-refractivity contribution < 1.29 is 4.79 Å². The number of amides is 1. The number of anilines is 2. The Labute approximate surface area is 123 Å². The molecule has 0 aliphatic heterocycles. The number of rotatable bonds is 5. The maximum Gasteiger partial charge on any atom is 0.226 e. The van der Waals surface area contributed by atoms with Crippen LogP contribution < -0.4 is 16.0 Å². The number of carbonyl (C=O) groups excluding carboxylic acids is 1. The number of carbonyl (C=O) groups is 1. The van der Waals surface area contributed by atoms with Crippen LogP contribution in [-0.4, -0.2) is 26.0 Å². The molecule has 0 aliphatic carbocycles. The second-order valence-corrected chi connectivity index (χ2v) is 6.13. The fourth-order valence-electron chi connectivity index (χ4n) is 1.65. The van der Waals surface area contributed by atoms with Gasteiger partial charge in [-0.05, 0) is 24.1 Å². The van der Waals surface area contributed by atoms with Crippen molar-refractivity contribution in [3.05, 3.63) is 22.7 Å². The molecule has 4 nitrogen and oxygen atoms in total. The van der Waals surface area contributed by atoms with Gasteiger partial charge in [0.2, 0.25) is 5.91 Å². The molecule has 3 N–H and O–H groups in total. The summed E-state index contributed by atoms with van der Waals surface area (Å²) in [7, 11) is 3.89. The van der Waals surface area contributed by atoms with Gasteiger partial charge in [-0.2, -0.15) is 0 Å². The summed E-state index contributed by atoms with van der Waals surface area (Å²) in [5, 5.41) is 2.93. The Balaban J connectivity index is 2.81. The highest BCUT2D eigenvalue weighted by Gasteiger charge is 2.15. The number of benzene rings is 1. The molecule has 1 rings (SSSR count). The normalized spacial score (nSPS) is 12.4. The van der Waals surface area contributed by atoms with Crippen LogP contribution in [0.3, 0.4) is 0 Å². The van der Waals surface area contributed by atoms with Crippen LogP contribution in [0.15, 0.2) is 22.7 Å². The Morgan fingerprint density at radius 2 is 2.05 bits per heavy atom. The Kier molecular flexibility index (Phi) is 5.82. The van der Waals surface area contributed by atoms with E-state index < -0.39 is 0 Å². The fourth-order valence-corrected chi connectivity index (χ4v) is 2.01. The summed E-state index contributed by atoms with van der Waals surface area (Å²) in [6, 6.07) is 5.69. The van der Waals surface area contributed by atoms with E-state index in [0.29, 0.717) is 12.3 Å². The van der Waals surface area contributed by atoms with Gasteiger partial charge in [-0.3, -0.25) is 4.79 Å². The van der Waals surface area contributed by atoms with Crippen molar-refractivity contribution in [3.8, 4) is 0 Å². The molecule has 1 aromatic carbocycles. The van der Waals surface area contributed by atoms with E-state index in [1.807, 2.05) is 51.0 Å². The van der Waals surface area contributed by atoms with Gasteiger partial charge >= 0.3 is 0 Å². The third-order valence-electron chi connectivity index (χ3n) is 2.99. The van der Waals surface area contributed by atoms with E-state index >= 15 is 0 Å². The van der Waals surface area contributed by atoms with E-state index in [1.165, 1.54) is 0 Å². The van der Waals surface area contributed by atoms with Crippen LogP contribution in [0.2, 0.25) is 0 Å². The van der Waals surface area contributed by atoms with Gasteiger partial charge in [-0.15, -0.1) is 0 Å². The van der Waals surface area contributed by atoms with Crippen molar-refractivity contribution in [3.63, 3.8) is 0 Å². The lowest BCUT2D eigenvalue weighted by molar-refractivity contribution is -0.116. The predicted octanol–water partition coefficient (Wildman–Crippen LogP) is 2.83. The van der Waals surface area contributed by atoms with Crippen molar-refractivity contribution in [2.24, 2.45) is 11.7 Å². The molecule has 0 spiro atoms. The van der Waals surface area contributed by atoms with Crippen LogP contribution in [0.4, 0.5) is 11.4 Å². The van der Waals surface area contributed by atoms with E-state index in [1.54, 1.807) is 0 Å². The zero-order valence-corrected chi connectivity index (χ0v) is 13.5. The lowest BCUT2D eigenvalue weighted by Gasteiger charge is -2.20. The maximum atomic E-state index is 12.0. The zero-order valence-electron chi connectivity index (χ0n) is 11.9. The third kappa shape index (κ3) is 4.84. The average Bonchev–Trinajstić information content (AvgIpc) is 2.27. The molecule has 0 bridgehead atoms. The molecule has 0 radical (unpaired) electrons. The minimum absolute atomic E-state index is 0.0533. The zero-order chi connectivity index (χ0) is 14.6. The Bertz CT molecular complexity index is 446. The van der Waals surface area contributed by atoms with Crippen LogP contribution in [0.25, 0.3) is 0 Å². The van der Waals surface area contributed by atoms with Gasteiger partial charge in [-0.1, -0.05) is 29.8 Å². The second-order valence-electron chi connectivity index (χ2n) is 5.22. The molecule has 1 unspecified atom stereocenters. The summed E-state index contributed by atoms with van der Waals surface area (Å²) in [6.07, 6.45) is 0.330. The number of nitrogens with one attached hydrogen (secondary N) is 1. The predicted molar refractivity (Wildman–Crippen MR) is 84.5 cm³/mol. The van der Waals surface area contributed by atoms with E-state index in [2.05, 4.69) is 21.2 Å². The first-order valence-corrected chi connectivity index (χ1v) is 7.13. The van der Waals surface area contributed by atoms with E-state index in [9.17, 15) is 4.79 Å². The van der Waals surface area contributed by atoms with Gasteiger partial charge in [-0.25, -0.2) is 0 Å². The van der Waals surface area contributed by atoms with Gasteiger partial charge in [0.05, 0.1) is 11.4 Å². The number of nitrogens with two attached hydrogens (primary N) is 1. The minimum atomic E-state index is -0.116. The molecule has 5 heteroatoms. The number of nitrogens with zero attached hydrogens (tertiary/aromatic N) is 1. The van der Waals surface area contributed by atoms with Crippen LogP contribution >= 0.6 is 15.9 Å². The Morgan fingerprint density at radius 3 is 2.58 bits per heavy atom. The Hall–Kier alpha value is -1.07. The van der Waals surface area contributed by atoms with Gasteiger partial charge in [0.25, 0.3) is 0 Å².